The summed E-state index contributed by atoms with van der Waals surface area (Å²) in [6, 6.07) is 0.367. The molecule has 6 nitrogen and oxygen atoms in total. The predicted molar refractivity (Wildman–Crippen MR) is 72.2 cm³/mol. The highest BCUT2D eigenvalue weighted by atomic mass is 16.5. The van der Waals surface area contributed by atoms with Crippen molar-refractivity contribution >= 4 is 5.97 Å². The van der Waals surface area contributed by atoms with Crippen LogP contribution in [0.25, 0.3) is 0 Å². The van der Waals surface area contributed by atoms with Crippen molar-refractivity contribution in [2.75, 3.05) is 20.3 Å². The molecule has 1 aromatic heterocycles. The van der Waals surface area contributed by atoms with Gasteiger partial charge in [-0.1, -0.05) is 6.92 Å². The number of methoxy groups -OCH3 is 1. The molecular formula is C13H23N3O3. The van der Waals surface area contributed by atoms with Crippen molar-refractivity contribution in [1.29, 1.82) is 0 Å². The van der Waals surface area contributed by atoms with Gasteiger partial charge in [0.25, 0.3) is 0 Å². The number of rotatable bonds is 8. The number of aryl methyl sites for hydroxylation is 1. The summed E-state index contributed by atoms with van der Waals surface area (Å²) < 4.78 is 6.74. The lowest BCUT2D eigenvalue weighted by Gasteiger charge is -2.28. The van der Waals surface area contributed by atoms with Gasteiger partial charge in [-0.25, -0.2) is 4.79 Å². The SMILES string of the molecule is CCC(C)N(CCOC)Cc1c(C(=O)O)cnn1C. The van der Waals surface area contributed by atoms with E-state index in [1.165, 1.54) is 6.20 Å². The van der Waals surface area contributed by atoms with Gasteiger partial charge in [0.15, 0.2) is 0 Å². The third-order valence-electron chi connectivity index (χ3n) is 3.44. The minimum Gasteiger partial charge on any atom is -0.478 e. The fraction of sp³-hybridized carbons (Fsp3) is 0.692. The summed E-state index contributed by atoms with van der Waals surface area (Å²) in [6.45, 7) is 6.22. The first-order valence-electron chi connectivity index (χ1n) is 6.48. The number of hydrogen-bond donors (Lipinski definition) is 1. The van der Waals surface area contributed by atoms with Crippen LogP contribution >= 0.6 is 0 Å². The summed E-state index contributed by atoms with van der Waals surface area (Å²) in [4.78, 5) is 13.4. The standard InChI is InChI=1S/C13H23N3O3/c1-5-10(2)16(6-7-19-4)9-12-11(13(17)18)8-14-15(12)3/h8,10H,5-7,9H2,1-4H3,(H,17,18). The fourth-order valence-corrected chi connectivity index (χ4v) is 1.94. The lowest BCUT2D eigenvalue weighted by atomic mass is 10.1. The molecule has 1 N–H and O–H groups in total. The van der Waals surface area contributed by atoms with E-state index in [9.17, 15) is 4.79 Å². The third-order valence-corrected chi connectivity index (χ3v) is 3.44. The Kier molecular flexibility index (Phi) is 5.98. The molecule has 6 heteroatoms. The van der Waals surface area contributed by atoms with Crippen LogP contribution in [-0.2, 0) is 18.3 Å². The van der Waals surface area contributed by atoms with Gasteiger partial charge < -0.3 is 9.84 Å². The molecule has 19 heavy (non-hydrogen) atoms. The molecule has 0 spiro atoms. The summed E-state index contributed by atoms with van der Waals surface area (Å²) in [7, 11) is 3.44. The molecule has 0 radical (unpaired) electrons. The van der Waals surface area contributed by atoms with Gasteiger partial charge in [-0.05, 0) is 13.3 Å². The second-order valence-electron chi connectivity index (χ2n) is 4.65. The molecule has 0 saturated carbocycles. The van der Waals surface area contributed by atoms with Crippen molar-refractivity contribution in [3.63, 3.8) is 0 Å². The highest BCUT2D eigenvalue weighted by Crippen LogP contribution is 2.14. The van der Waals surface area contributed by atoms with E-state index in [4.69, 9.17) is 9.84 Å². The summed E-state index contributed by atoms with van der Waals surface area (Å²) in [5.41, 5.74) is 0.997. The highest BCUT2D eigenvalue weighted by molar-refractivity contribution is 5.88. The number of nitrogens with zero attached hydrogens (tertiary/aromatic N) is 3. The third kappa shape index (κ3) is 4.04. The Morgan fingerprint density at radius 1 is 1.63 bits per heavy atom. The maximum atomic E-state index is 11.2. The number of carboxylic acid groups (broad SMARTS) is 1. The normalized spacial score (nSPS) is 12.9. The van der Waals surface area contributed by atoms with Crippen LogP contribution in [0.2, 0.25) is 0 Å². The average molecular weight is 269 g/mol. The number of carbonyl (C=O) groups is 1. The topological polar surface area (TPSA) is 67.6 Å². The predicted octanol–water partition coefficient (Wildman–Crippen LogP) is 1.37. The maximum Gasteiger partial charge on any atom is 0.339 e. The zero-order valence-corrected chi connectivity index (χ0v) is 12.1. The van der Waals surface area contributed by atoms with Crippen LogP contribution in [-0.4, -0.2) is 52.1 Å². The zero-order valence-electron chi connectivity index (χ0n) is 12.1. The van der Waals surface area contributed by atoms with Gasteiger partial charge in [0.1, 0.15) is 5.56 Å². The van der Waals surface area contributed by atoms with Gasteiger partial charge in [-0.15, -0.1) is 0 Å². The van der Waals surface area contributed by atoms with Gasteiger partial charge in [-0.3, -0.25) is 9.58 Å². The van der Waals surface area contributed by atoms with E-state index in [2.05, 4.69) is 23.8 Å². The smallest absolute Gasteiger partial charge is 0.339 e. The Balaban J connectivity index is 2.89. The molecule has 0 aliphatic rings. The van der Waals surface area contributed by atoms with E-state index in [1.807, 2.05) is 0 Å². The summed E-state index contributed by atoms with van der Waals surface area (Å²) in [6.07, 6.45) is 2.41. The Labute approximate surface area is 114 Å². The van der Waals surface area contributed by atoms with E-state index in [0.29, 0.717) is 19.2 Å². The van der Waals surface area contributed by atoms with Gasteiger partial charge >= 0.3 is 5.97 Å². The largest absolute Gasteiger partial charge is 0.478 e. The first kappa shape index (κ1) is 15.7. The highest BCUT2D eigenvalue weighted by Gasteiger charge is 2.20. The van der Waals surface area contributed by atoms with Crippen molar-refractivity contribution < 1.29 is 14.6 Å². The Hall–Kier alpha value is -1.40. The number of aromatic nitrogens is 2. The fourth-order valence-electron chi connectivity index (χ4n) is 1.94. The summed E-state index contributed by atoms with van der Waals surface area (Å²) >= 11 is 0. The van der Waals surface area contributed by atoms with Crippen LogP contribution in [0.3, 0.4) is 0 Å². The minimum absolute atomic E-state index is 0.271. The molecule has 0 saturated heterocycles. The molecule has 1 unspecified atom stereocenters. The molecule has 0 amide bonds. The van der Waals surface area contributed by atoms with Crippen LogP contribution in [0.5, 0.6) is 0 Å². The molecule has 1 heterocycles. The van der Waals surface area contributed by atoms with Crippen LogP contribution in [0.4, 0.5) is 0 Å². The molecule has 1 aromatic rings. The van der Waals surface area contributed by atoms with E-state index in [0.717, 1.165) is 18.7 Å². The molecule has 0 fully saturated rings. The molecule has 1 atom stereocenters. The molecular weight excluding hydrogens is 246 g/mol. The Morgan fingerprint density at radius 2 is 2.32 bits per heavy atom. The number of ether oxygens (including phenoxy) is 1. The maximum absolute atomic E-state index is 11.2. The molecule has 0 bridgehead atoms. The molecule has 108 valence electrons. The van der Waals surface area contributed by atoms with Gasteiger partial charge in [-0.2, -0.15) is 5.10 Å². The second kappa shape index (κ2) is 7.25. The van der Waals surface area contributed by atoms with Crippen molar-refractivity contribution in [2.45, 2.75) is 32.9 Å². The van der Waals surface area contributed by atoms with E-state index in [-0.39, 0.29) is 5.56 Å². The molecule has 1 rings (SSSR count). The van der Waals surface area contributed by atoms with E-state index in [1.54, 1.807) is 18.8 Å². The van der Waals surface area contributed by atoms with Crippen molar-refractivity contribution in [1.82, 2.24) is 14.7 Å². The molecule has 0 aromatic carbocycles. The molecule has 0 aliphatic heterocycles. The zero-order chi connectivity index (χ0) is 14.4. The van der Waals surface area contributed by atoms with Crippen molar-refractivity contribution in [3.8, 4) is 0 Å². The van der Waals surface area contributed by atoms with Crippen LogP contribution in [0.15, 0.2) is 6.20 Å². The number of hydrogen-bond acceptors (Lipinski definition) is 4. The van der Waals surface area contributed by atoms with Crippen LogP contribution < -0.4 is 0 Å². The summed E-state index contributed by atoms with van der Waals surface area (Å²) in [5.74, 6) is -0.932. The first-order chi connectivity index (χ1) is 9.01. The van der Waals surface area contributed by atoms with Crippen LogP contribution in [0.1, 0.15) is 36.3 Å². The monoisotopic (exact) mass is 269 g/mol. The summed E-state index contributed by atoms with van der Waals surface area (Å²) in [5, 5.41) is 13.2. The minimum atomic E-state index is -0.932. The van der Waals surface area contributed by atoms with E-state index < -0.39 is 5.97 Å². The average Bonchev–Trinajstić information content (AvgIpc) is 2.75. The van der Waals surface area contributed by atoms with Crippen molar-refractivity contribution in [3.05, 3.63) is 17.5 Å². The Bertz CT molecular complexity index is 417. The van der Waals surface area contributed by atoms with Crippen molar-refractivity contribution in [2.24, 2.45) is 7.05 Å². The van der Waals surface area contributed by atoms with Gasteiger partial charge in [0.2, 0.25) is 0 Å². The first-order valence-corrected chi connectivity index (χ1v) is 6.48. The lowest BCUT2D eigenvalue weighted by Crippen LogP contribution is -2.36. The number of aromatic carboxylic acids is 1. The number of carboxylic acids is 1. The van der Waals surface area contributed by atoms with E-state index >= 15 is 0 Å². The van der Waals surface area contributed by atoms with Gasteiger partial charge in [0, 0.05) is 33.3 Å². The Morgan fingerprint density at radius 3 is 2.84 bits per heavy atom. The quantitative estimate of drug-likeness (QED) is 0.772. The van der Waals surface area contributed by atoms with Gasteiger partial charge in [0.05, 0.1) is 18.5 Å². The second-order valence-corrected chi connectivity index (χ2v) is 4.65. The van der Waals surface area contributed by atoms with Crippen LogP contribution in [0, 0.1) is 0 Å². The molecule has 0 aliphatic carbocycles. The lowest BCUT2D eigenvalue weighted by molar-refractivity contribution is 0.0691.